The zero-order valence-electron chi connectivity index (χ0n) is 14.9. The predicted octanol–water partition coefficient (Wildman–Crippen LogP) is 2.21. The molecule has 0 aliphatic carbocycles. The monoisotopic (exact) mass is 344 g/mol. The molecule has 25 heavy (non-hydrogen) atoms. The van der Waals surface area contributed by atoms with Gasteiger partial charge in [0.15, 0.2) is 6.61 Å². The number of hydrogen-bond acceptors (Lipinski definition) is 4. The molecule has 0 aliphatic heterocycles. The Bertz CT molecular complexity index is 722. The second-order valence-corrected chi connectivity index (χ2v) is 6.27. The van der Waals surface area contributed by atoms with Crippen LogP contribution in [0.3, 0.4) is 0 Å². The van der Waals surface area contributed by atoms with Gasteiger partial charge in [-0.05, 0) is 37.1 Å². The Morgan fingerprint density at radius 2 is 1.88 bits per heavy atom. The molecular weight excluding hydrogens is 320 g/mol. The average molecular weight is 344 g/mol. The second kappa shape index (κ2) is 8.32. The highest BCUT2D eigenvalue weighted by Gasteiger charge is 2.11. The van der Waals surface area contributed by atoms with Crippen molar-refractivity contribution in [3.63, 3.8) is 0 Å². The van der Waals surface area contributed by atoms with Crippen LogP contribution in [0, 0.1) is 5.92 Å². The van der Waals surface area contributed by atoms with Crippen LogP contribution in [-0.2, 0) is 11.8 Å². The lowest BCUT2D eigenvalue weighted by Gasteiger charge is -2.17. The number of carbonyl (C=O) groups excluding carboxylic acids is 2. The number of carbonyl (C=O) groups is 2. The molecule has 0 spiro atoms. The topological polar surface area (TPSA) is 85.2 Å². The Morgan fingerprint density at radius 1 is 1.20 bits per heavy atom. The van der Waals surface area contributed by atoms with Crippen molar-refractivity contribution in [1.29, 1.82) is 0 Å². The minimum Gasteiger partial charge on any atom is -0.484 e. The summed E-state index contributed by atoms with van der Waals surface area (Å²) in [7, 11) is 1.75. The highest BCUT2D eigenvalue weighted by Crippen LogP contribution is 2.16. The molecule has 1 atom stereocenters. The normalized spacial score (nSPS) is 11.9. The Kier molecular flexibility index (Phi) is 6.16. The molecule has 2 rings (SSSR count). The van der Waals surface area contributed by atoms with Gasteiger partial charge in [0, 0.05) is 25.0 Å². The predicted molar refractivity (Wildman–Crippen MR) is 95.5 cm³/mol. The van der Waals surface area contributed by atoms with Gasteiger partial charge in [-0.25, -0.2) is 0 Å². The molecule has 0 bridgehead atoms. The SMILES string of the molecule is CC(C)[C@@H](C)NC(=O)COc1ccc(NC(=O)c2cnn(C)c2)cc1. The first-order valence-corrected chi connectivity index (χ1v) is 8.17. The summed E-state index contributed by atoms with van der Waals surface area (Å²) in [6.07, 6.45) is 3.15. The van der Waals surface area contributed by atoms with Crippen molar-refractivity contribution in [3.05, 3.63) is 42.2 Å². The average Bonchev–Trinajstić information content (AvgIpc) is 3.00. The second-order valence-electron chi connectivity index (χ2n) is 6.27. The molecule has 0 saturated heterocycles. The smallest absolute Gasteiger partial charge is 0.258 e. The standard InChI is InChI=1S/C18H24N4O3/c1-12(2)13(3)20-17(23)11-25-16-7-5-15(6-8-16)21-18(24)14-9-19-22(4)10-14/h5-10,12-13H,11H2,1-4H3,(H,20,23)(H,21,24)/t13-/m1/s1. The minimum atomic E-state index is -0.233. The lowest BCUT2D eigenvalue weighted by atomic mass is 10.1. The molecule has 7 nitrogen and oxygen atoms in total. The third kappa shape index (κ3) is 5.63. The molecule has 7 heteroatoms. The summed E-state index contributed by atoms with van der Waals surface area (Å²) in [5, 5.41) is 9.62. The molecule has 0 unspecified atom stereocenters. The van der Waals surface area contributed by atoms with Crippen molar-refractivity contribution in [3.8, 4) is 5.75 Å². The molecule has 2 N–H and O–H groups in total. The molecule has 1 heterocycles. The summed E-state index contributed by atoms with van der Waals surface area (Å²) < 4.78 is 7.02. The van der Waals surface area contributed by atoms with Crippen LogP contribution in [0.25, 0.3) is 0 Å². The molecule has 1 aromatic carbocycles. The molecule has 2 amide bonds. The van der Waals surface area contributed by atoms with Crippen LogP contribution in [0.15, 0.2) is 36.7 Å². The van der Waals surface area contributed by atoms with Crippen LogP contribution < -0.4 is 15.4 Å². The molecule has 2 aromatic rings. The van der Waals surface area contributed by atoms with Gasteiger partial charge >= 0.3 is 0 Å². The van der Waals surface area contributed by atoms with Crippen LogP contribution >= 0.6 is 0 Å². The number of benzene rings is 1. The van der Waals surface area contributed by atoms with Crippen LogP contribution in [0.5, 0.6) is 5.75 Å². The van der Waals surface area contributed by atoms with E-state index in [2.05, 4.69) is 15.7 Å². The van der Waals surface area contributed by atoms with Crippen molar-refractivity contribution in [2.45, 2.75) is 26.8 Å². The van der Waals surface area contributed by atoms with E-state index in [0.717, 1.165) is 0 Å². The summed E-state index contributed by atoms with van der Waals surface area (Å²) in [5.41, 5.74) is 1.12. The highest BCUT2D eigenvalue weighted by molar-refractivity contribution is 6.03. The van der Waals surface area contributed by atoms with Gasteiger partial charge < -0.3 is 15.4 Å². The zero-order valence-corrected chi connectivity index (χ0v) is 14.9. The van der Waals surface area contributed by atoms with Crippen molar-refractivity contribution in [2.24, 2.45) is 13.0 Å². The maximum absolute atomic E-state index is 12.0. The van der Waals surface area contributed by atoms with E-state index in [1.807, 2.05) is 20.8 Å². The summed E-state index contributed by atoms with van der Waals surface area (Å²) in [4.78, 5) is 23.8. The number of anilines is 1. The Balaban J connectivity index is 1.83. The van der Waals surface area contributed by atoms with Crippen molar-refractivity contribution >= 4 is 17.5 Å². The Labute approximate surface area is 147 Å². The van der Waals surface area contributed by atoms with Gasteiger partial charge in [-0.2, -0.15) is 5.10 Å². The van der Waals surface area contributed by atoms with E-state index in [9.17, 15) is 9.59 Å². The minimum absolute atomic E-state index is 0.0432. The van der Waals surface area contributed by atoms with Crippen molar-refractivity contribution < 1.29 is 14.3 Å². The van der Waals surface area contributed by atoms with Gasteiger partial charge in [0.05, 0.1) is 11.8 Å². The lowest BCUT2D eigenvalue weighted by molar-refractivity contribution is -0.124. The number of aromatic nitrogens is 2. The number of ether oxygens (including phenoxy) is 1. The van der Waals surface area contributed by atoms with Gasteiger partial charge in [0.1, 0.15) is 5.75 Å². The van der Waals surface area contributed by atoms with E-state index < -0.39 is 0 Å². The number of rotatable bonds is 7. The summed E-state index contributed by atoms with van der Waals surface area (Å²) in [6.45, 7) is 6.01. The van der Waals surface area contributed by atoms with Crippen LogP contribution in [0.4, 0.5) is 5.69 Å². The zero-order chi connectivity index (χ0) is 18.4. The summed E-state index contributed by atoms with van der Waals surface area (Å²) >= 11 is 0. The summed E-state index contributed by atoms with van der Waals surface area (Å²) in [5.74, 6) is 0.539. The van der Waals surface area contributed by atoms with E-state index in [-0.39, 0.29) is 24.5 Å². The number of amides is 2. The fraction of sp³-hybridized carbons (Fsp3) is 0.389. The van der Waals surface area contributed by atoms with Gasteiger partial charge in [-0.3, -0.25) is 14.3 Å². The van der Waals surface area contributed by atoms with Crippen molar-refractivity contribution in [1.82, 2.24) is 15.1 Å². The molecular formula is C18H24N4O3. The lowest BCUT2D eigenvalue weighted by Crippen LogP contribution is -2.38. The Hall–Kier alpha value is -2.83. The van der Waals surface area contributed by atoms with Gasteiger partial charge in [-0.1, -0.05) is 13.8 Å². The molecule has 0 aliphatic rings. The first-order chi connectivity index (χ1) is 11.8. The third-order valence-electron chi connectivity index (χ3n) is 3.84. The quantitative estimate of drug-likeness (QED) is 0.806. The maximum atomic E-state index is 12.0. The molecule has 134 valence electrons. The van der Waals surface area contributed by atoms with Crippen molar-refractivity contribution in [2.75, 3.05) is 11.9 Å². The molecule has 0 fully saturated rings. The first kappa shape index (κ1) is 18.5. The maximum Gasteiger partial charge on any atom is 0.258 e. The van der Waals surface area contributed by atoms with E-state index >= 15 is 0 Å². The first-order valence-electron chi connectivity index (χ1n) is 8.17. The van der Waals surface area contributed by atoms with E-state index in [4.69, 9.17) is 4.74 Å². The largest absolute Gasteiger partial charge is 0.484 e. The van der Waals surface area contributed by atoms with Gasteiger partial charge in [0.2, 0.25) is 0 Å². The number of aryl methyl sites for hydroxylation is 1. The third-order valence-corrected chi connectivity index (χ3v) is 3.84. The van der Waals surface area contributed by atoms with Crippen LogP contribution in [0.1, 0.15) is 31.1 Å². The van der Waals surface area contributed by atoms with Crippen LogP contribution in [0.2, 0.25) is 0 Å². The molecule has 1 aromatic heterocycles. The van der Waals surface area contributed by atoms with Crippen LogP contribution in [-0.4, -0.2) is 34.2 Å². The highest BCUT2D eigenvalue weighted by atomic mass is 16.5. The fourth-order valence-corrected chi connectivity index (χ4v) is 1.99. The number of hydrogen-bond donors (Lipinski definition) is 2. The fourth-order valence-electron chi connectivity index (χ4n) is 1.99. The summed E-state index contributed by atoms with van der Waals surface area (Å²) in [6, 6.07) is 6.95. The number of nitrogens with zero attached hydrogens (tertiary/aromatic N) is 2. The van der Waals surface area contributed by atoms with E-state index in [0.29, 0.717) is 22.9 Å². The molecule has 0 radical (unpaired) electrons. The van der Waals surface area contributed by atoms with E-state index in [1.165, 1.54) is 6.20 Å². The number of nitrogens with one attached hydrogen (secondary N) is 2. The van der Waals surface area contributed by atoms with Gasteiger partial charge in [-0.15, -0.1) is 0 Å². The van der Waals surface area contributed by atoms with E-state index in [1.54, 1.807) is 42.2 Å². The molecule has 0 saturated carbocycles. The van der Waals surface area contributed by atoms with Gasteiger partial charge in [0.25, 0.3) is 11.8 Å². The Morgan fingerprint density at radius 3 is 2.44 bits per heavy atom.